The molecule has 0 bridgehead atoms. The van der Waals surface area contributed by atoms with E-state index in [0.717, 1.165) is 0 Å². The lowest BCUT2D eigenvalue weighted by Crippen LogP contribution is -2.59. The molecule has 1 aliphatic rings. The molecule has 27 heavy (non-hydrogen) atoms. The van der Waals surface area contributed by atoms with Crippen molar-refractivity contribution >= 4 is 23.7 Å². The zero-order chi connectivity index (χ0) is 20.7. The molecule has 1 fully saturated rings. The second-order valence-electron chi connectivity index (χ2n) is 6.94. The van der Waals surface area contributed by atoms with Crippen molar-refractivity contribution < 1.29 is 29.4 Å². The van der Waals surface area contributed by atoms with Gasteiger partial charge < -0.3 is 31.5 Å². The van der Waals surface area contributed by atoms with Gasteiger partial charge in [0, 0.05) is 6.54 Å². The lowest BCUT2D eigenvalue weighted by atomic mass is 9.98. The smallest absolute Gasteiger partial charge is 0.322 e. The Hall–Kier alpha value is -2.20. The second kappa shape index (κ2) is 10.2. The molecule has 5 atom stereocenters. The number of carbonyl (C=O) groups excluding carboxylic acids is 3. The number of nitrogens with zero attached hydrogens (tertiary/aromatic N) is 1. The third-order valence-corrected chi connectivity index (χ3v) is 4.86. The Morgan fingerprint density at radius 2 is 1.89 bits per heavy atom. The Bertz CT molecular complexity index is 568. The van der Waals surface area contributed by atoms with Gasteiger partial charge in [-0.05, 0) is 25.7 Å². The number of carboxylic acid groups (broad SMARTS) is 1. The van der Waals surface area contributed by atoms with Gasteiger partial charge in [0.25, 0.3) is 0 Å². The normalized spacial score (nSPS) is 21.1. The molecule has 0 aliphatic carbocycles. The number of amides is 3. The van der Waals surface area contributed by atoms with E-state index in [-0.39, 0.29) is 12.5 Å². The average molecular weight is 386 g/mol. The minimum Gasteiger partial charge on any atom is -0.480 e. The summed E-state index contributed by atoms with van der Waals surface area (Å²) < 4.78 is 0. The molecule has 6 N–H and O–H groups in total. The third-order valence-electron chi connectivity index (χ3n) is 4.86. The molecule has 0 spiro atoms. The number of aliphatic hydroxyl groups is 1. The summed E-state index contributed by atoms with van der Waals surface area (Å²) in [4.78, 5) is 49.2. The van der Waals surface area contributed by atoms with Crippen LogP contribution in [-0.2, 0) is 19.2 Å². The fraction of sp³-hybridized carbons (Fsp3) is 0.765. The van der Waals surface area contributed by atoms with Crippen LogP contribution in [0.15, 0.2) is 0 Å². The monoisotopic (exact) mass is 386 g/mol. The molecule has 1 aliphatic heterocycles. The summed E-state index contributed by atoms with van der Waals surface area (Å²) in [5.74, 6) is -3.00. The molecule has 1 saturated heterocycles. The number of hydrogen-bond donors (Lipinski definition) is 5. The van der Waals surface area contributed by atoms with Gasteiger partial charge in [0.15, 0.2) is 0 Å². The van der Waals surface area contributed by atoms with Gasteiger partial charge in [-0.1, -0.05) is 20.3 Å². The maximum Gasteiger partial charge on any atom is 0.322 e. The highest BCUT2D eigenvalue weighted by Gasteiger charge is 2.39. The van der Waals surface area contributed by atoms with Crippen molar-refractivity contribution in [3.63, 3.8) is 0 Å². The van der Waals surface area contributed by atoms with Gasteiger partial charge in [-0.3, -0.25) is 19.2 Å². The summed E-state index contributed by atoms with van der Waals surface area (Å²) >= 11 is 0. The van der Waals surface area contributed by atoms with Crippen molar-refractivity contribution in [1.29, 1.82) is 0 Å². The summed E-state index contributed by atoms with van der Waals surface area (Å²) in [6.45, 7) is 4.80. The molecule has 0 aromatic carbocycles. The van der Waals surface area contributed by atoms with Gasteiger partial charge in [-0.2, -0.15) is 0 Å². The Balaban J connectivity index is 2.85. The number of aliphatic hydroxyl groups excluding tert-OH is 1. The number of aliphatic carboxylic acids is 1. The number of rotatable bonds is 9. The van der Waals surface area contributed by atoms with E-state index in [9.17, 15) is 24.3 Å². The molecule has 0 aromatic rings. The van der Waals surface area contributed by atoms with Crippen molar-refractivity contribution in [3.8, 4) is 0 Å². The minimum absolute atomic E-state index is 0.101. The van der Waals surface area contributed by atoms with Crippen molar-refractivity contribution in [3.05, 3.63) is 0 Å². The summed E-state index contributed by atoms with van der Waals surface area (Å²) in [6.07, 6.45) is 0.432. The number of nitrogens with two attached hydrogens (primary N) is 1. The molecule has 154 valence electrons. The highest BCUT2D eigenvalue weighted by Crippen LogP contribution is 2.19. The number of carboxylic acids is 1. The van der Waals surface area contributed by atoms with Crippen LogP contribution >= 0.6 is 0 Å². The molecular formula is C17H30N4O6. The van der Waals surface area contributed by atoms with Crippen LogP contribution in [0.3, 0.4) is 0 Å². The maximum atomic E-state index is 12.9. The van der Waals surface area contributed by atoms with Crippen molar-refractivity contribution in [1.82, 2.24) is 15.5 Å². The molecule has 10 nitrogen and oxygen atoms in total. The molecule has 5 unspecified atom stereocenters. The predicted octanol–water partition coefficient (Wildman–Crippen LogP) is -1.58. The second-order valence-corrected chi connectivity index (χ2v) is 6.94. The van der Waals surface area contributed by atoms with Crippen LogP contribution < -0.4 is 16.4 Å². The summed E-state index contributed by atoms with van der Waals surface area (Å²) in [7, 11) is 0. The van der Waals surface area contributed by atoms with Gasteiger partial charge in [0.2, 0.25) is 17.7 Å². The van der Waals surface area contributed by atoms with Crippen LogP contribution in [-0.4, -0.2) is 76.1 Å². The van der Waals surface area contributed by atoms with Crippen LogP contribution in [0.5, 0.6) is 0 Å². The summed E-state index contributed by atoms with van der Waals surface area (Å²) in [6, 6.07) is -2.89. The first kappa shape index (κ1) is 22.8. The van der Waals surface area contributed by atoms with Crippen LogP contribution in [0.1, 0.15) is 40.0 Å². The van der Waals surface area contributed by atoms with Gasteiger partial charge in [-0.15, -0.1) is 0 Å². The molecule has 1 rings (SSSR count). The summed E-state index contributed by atoms with van der Waals surface area (Å²) in [5.41, 5.74) is 5.88. The molecule has 0 saturated carbocycles. The van der Waals surface area contributed by atoms with Crippen molar-refractivity contribution in [2.75, 3.05) is 13.1 Å². The summed E-state index contributed by atoms with van der Waals surface area (Å²) in [5, 5.41) is 23.4. The maximum absolute atomic E-state index is 12.9. The number of nitrogens with one attached hydrogen (secondary N) is 2. The third kappa shape index (κ3) is 6.17. The lowest BCUT2D eigenvalue weighted by molar-refractivity contribution is -0.144. The number of hydrogen-bond acceptors (Lipinski definition) is 6. The molecule has 0 radical (unpaired) electrons. The van der Waals surface area contributed by atoms with E-state index < -0.39 is 54.5 Å². The van der Waals surface area contributed by atoms with E-state index in [1.165, 1.54) is 11.8 Å². The first-order valence-corrected chi connectivity index (χ1v) is 9.14. The molecule has 10 heteroatoms. The quantitative estimate of drug-likeness (QED) is 0.319. The molecule has 1 heterocycles. The van der Waals surface area contributed by atoms with Gasteiger partial charge in [0.05, 0.1) is 12.1 Å². The fourth-order valence-corrected chi connectivity index (χ4v) is 2.91. The highest BCUT2D eigenvalue weighted by molar-refractivity contribution is 5.94. The zero-order valence-electron chi connectivity index (χ0n) is 16.0. The number of carbonyl (C=O) groups is 4. The Kier molecular flexibility index (Phi) is 8.64. The van der Waals surface area contributed by atoms with Gasteiger partial charge in [-0.25, -0.2) is 0 Å². The van der Waals surface area contributed by atoms with Gasteiger partial charge in [0.1, 0.15) is 18.6 Å². The van der Waals surface area contributed by atoms with E-state index in [2.05, 4.69) is 10.6 Å². The first-order valence-electron chi connectivity index (χ1n) is 9.14. The van der Waals surface area contributed by atoms with E-state index in [1.54, 1.807) is 0 Å². The van der Waals surface area contributed by atoms with Crippen LogP contribution in [0.25, 0.3) is 0 Å². The van der Waals surface area contributed by atoms with E-state index in [1.807, 2.05) is 13.8 Å². The Morgan fingerprint density at radius 3 is 2.41 bits per heavy atom. The van der Waals surface area contributed by atoms with E-state index in [4.69, 9.17) is 10.8 Å². The Morgan fingerprint density at radius 1 is 1.26 bits per heavy atom. The van der Waals surface area contributed by atoms with Crippen LogP contribution in [0, 0.1) is 5.92 Å². The molecular weight excluding hydrogens is 356 g/mol. The van der Waals surface area contributed by atoms with Gasteiger partial charge >= 0.3 is 5.97 Å². The van der Waals surface area contributed by atoms with E-state index in [0.29, 0.717) is 19.3 Å². The van der Waals surface area contributed by atoms with Crippen LogP contribution in [0.4, 0.5) is 0 Å². The van der Waals surface area contributed by atoms with Crippen molar-refractivity contribution in [2.45, 2.75) is 64.3 Å². The van der Waals surface area contributed by atoms with E-state index >= 15 is 0 Å². The van der Waals surface area contributed by atoms with Crippen molar-refractivity contribution in [2.24, 2.45) is 11.7 Å². The lowest BCUT2D eigenvalue weighted by Gasteiger charge is -2.31. The standard InChI is InChI=1S/C17H30N4O6/c1-4-9(2)13(18)16(26)20-14(10(3)22)17(27)21-7-5-6-11(21)15(25)19-8-12(23)24/h9-11,13-14,22H,4-8,18H2,1-3H3,(H,19,25)(H,20,26)(H,23,24). The average Bonchev–Trinajstić information content (AvgIpc) is 3.11. The number of likely N-dealkylation sites (tertiary alicyclic amines) is 1. The fourth-order valence-electron chi connectivity index (χ4n) is 2.91. The minimum atomic E-state index is -1.24. The highest BCUT2D eigenvalue weighted by atomic mass is 16.4. The predicted molar refractivity (Wildman–Crippen MR) is 96.4 cm³/mol. The topological polar surface area (TPSA) is 162 Å². The zero-order valence-corrected chi connectivity index (χ0v) is 16.0. The molecule has 0 aromatic heterocycles. The SMILES string of the molecule is CCC(C)C(N)C(=O)NC(C(=O)N1CCCC1C(=O)NCC(=O)O)C(C)O. The Labute approximate surface area is 158 Å². The van der Waals surface area contributed by atoms with Crippen LogP contribution in [0.2, 0.25) is 0 Å². The first-order chi connectivity index (χ1) is 12.6. The largest absolute Gasteiger partial charge is 0.480 e. The molecule has 3 amide bonds.